The fourth-order valence-electron chi connectivity index (χ4n) is 2.65. The zero-order valence-electron chi connectivity index (χ0n) is 14.3. The maximum atomic E-state index is 12.5. The summed E-state index contributed by atoms with van der Waals surface area (Å²) in [7, 11) is 1.38. The number of amides is 1. The topological polar surface area (TPSA) is 96.1 Å². The highest BCUT2D eigenvalue weighted by molar-refractivity contribution is 7.99. The molecule has 2 aromatic rings. The monoisotopic (exact) mass is 396 g/mol. The Labute approximate surface area is 162 Å². The van der Waals surface area contributed by atoms with E-state index in [1.54, 1.807) is 0 Å². The van der Waals surface area contributed by atoms with Crippen molar-refractivity contribution in [3.05, 3.63) is 46.8 Å². The van der Waals surface area contributed by atoms with Crippen LogP contribution in [0.2, 0.25) is 0 Å². The van der Waals surface area contributed by atoms with E-state index in [1.807, 2.05) is 24.3 Å². The number of benzene rings is 1. The number of nitrogens with zero attached hydrogens (tertiary/aromatic N) is 1. The molecule has 1 aromatic carbocycles. The summed E-state index contributed by atoms with van der Waals surface area (Å²) >= 11 is 1.47. The lowest BCUT2D eigenvalue weighted by Gasteiger charge is -2.13. The lowest BCUT2D eigenvalue weighted by atomic mass is 10.1. The van der Waals surface area contributed by atoms with Crippen molar-refractivity contribution in [3.8, 4) is 0 Å². The molecule has 0 unspecified atom stereocenters. The Morgan fingerprint density at radius 2 is 2.23 bits per heavy atom. The van der Waals surface area contributed by atoms with Gasteiger partial charge in [0.2, 0.25) is 0 Å². The third kappa shape index (κ3) is 5.00. The van der Waals surface area contributed by atoms with Crippen LogP contribution in [0.15, 0.2) is 24.3 Å². The number of hydrogen-bond acceptors (Lipinski definition) is 6. The van der Waals surface area contributed by atoms with Gasteiger partial charge in [0, 0.05) is 42.2 Å². The summed E-state index contributed by atoms with van der Waals surface area (Å²) in [5.41, 5.74) is 4.14. The molecule has 140 valence electrons. The summed E-state index contributed by atoms with van der Waals surface area (Å²) in [4.78, 5) is 23.7. The summed E-state index contributed by atoms with van der Waals surface area (Å²) in [6.45, 7) is 1.54. The second kappa shape index (κ2) is 9.61. The maximum Gasteiger partial charge on any atom is 0.315 e. The molecular weight excluding hydrogens is 376 g/mol. The number of aromatic nitrogens is 2. The summed E-state index contributed by atoms with van der Waals surface area (Å²) < 4.78 is 4.62. The SMILES string of the molecule is COC(=O)CSCc1cccc(NC(=O)c2n[nH]c3c2CNCC3)c1.Cl. The normalized spacial score (nSPS) is 12.7. The molecule has 0 aliphatic carbocycles. The van der Waals surface area contributed by atoms with Crippen LogP contribution < -0.4 is 10.6 Å². The van der Waals surface area contributed by atoms with Gasteiger partial charge in [-0.15, -0.1) is 24.2 Å². The van der Waals surface area contributed by atoms with Gasteiger partial charge in [0.25, 0.3) is 5.91 Å². The summed E-state index contributed by atoms with van der Waals surface area (Å²) in [6.07, 6.45) is 0.850. The molecule has 3 rings (SSSR count). The number of H-pyrrole nitrogens is 1. The van der Waals surface area contributed by atoms with E-state index in [-0.39, 0.29) is 24.3 Å². The van der Waals surface area contributed by atoms with Gasteiger partial charge in [-0.3, -0.25) is 14.7 Å². The second-order valence-corrected chi connectivity index (χ2v) is 6.67. The number of methoxy groups -OCH3 is 1. The van der Waals surface area contributed by atoms with E-state index in [2.05, 4.69) is 25.6 Å². The van der Waals surface area contributed by atoms with Crippen molar-refractivity contribution in [2.75, 3.05) is 24.7 Å². The molecule has 0 spiro atoms. The van der Waals surface area contributed by atoms with Gasteiger partial charge < -0.3 is 15.4 Å². The molecule has 0 atom stereocenters. The Morgan fingerprint density at radius 3 is 3.04 bits per heavy atom. The minimum Gasteiger partial charge on any atom is -0.468 e. The van der Waals surface area contributed by atoms with Gasteiger partial charge in [0.15, 0.2) is 5.69 Å². The Hall–Kier alpha value is -2.03. The number of ether oxygens (including phenoxy) is 1. The molecule has 0 saturated heterocycles. The van der Waals surface area contributed by atoms with Crippen molar-refractivity contribution in [1.82, 2.24) is 15.5 Å². The van der Waals surface area contributed by atoms with Gasteiger partial charge in [0.1, 0.15) is 0 Å². The van der Waals surface area contributed by atoms with E-state index >= 15 is 0 Å². The van der Waals surface area contributed by atoms with Crippen LogP contribution in [-0.2, 0) is 28.2 Å². The molecular formula is C17H21ClN4O3S. The van der Waals surface area contributed by atoms with Crippen molar-refractivity contribution < 1.29 is 14.3 Å². The Balaban J connectivity index is 0.00000243. The molecule has 9 heteroatoms. The van der Waals surface area contributed by atoms with Crippen LogP contribution in [0.3, 0.4) is 0 Å². The van der Waals surface area contributed by atoms with Crippen LogP contribution in [0, 0.1) is 0 Å². The van der Waals surface area contributed by atoms with E-state index in [4.69, 9.17) is 0 Å². The fraction of sp³-hybridized carbons (Fsp3) is 0.353. The van der Waals surface area contributed by atoms with Crippen molar-refractivity contribution in [1.29, 1.82) is 0 Å². The quantitative estimate of drug-likeness (QED) is 0.647. The number of carbonyl (C=O) groups excluding carboxylic acids is 2. The molecule has 0 radical (unpaired) electrons. The number of esters is 1. The average molecular weight is 397 g/mol. The molecule has 1 aliphatic heterocycles. The first-order valence-electron chi connectivity index (χ1n) is 7.99. The minimum absolute atomic E-state index is 0. The molecule has 1 aromatic heterocycles. The predicted molar refractivity (Wildman–Crippen MR) is 104 cm³/mol. The predicted octanol–water partition coefficient (Wildman–Crippen LogP) is 2.14. The van der Waals surface area contributed by atoms with E-state index in [0.29, 0.717) is 29.4 Å². The number of rotatable bonds is 6. The molecule has 1 aliphatic rings. The highest BCUT2D eigenvalue weighted by Gasteiger charge is 2.21. The number of halogens is 1. The Bertz CT molecular complexity index is 781. The van der Waals surface area contributed by atoms with Gasteiger partial charge in [0.05, 0.1) is 12.9 Å². The molecule has 1 amide bonds. The van der Waals surface area contributed by atoms with Crippen LogP contribution in [0.5, 0.6) is 0 Å². The summed E-state index contributed by atoms with van der Waals surface area (Å²) in [5.74, 6) is 0.506. The first-order chi connectivity index (χ1) is 12.2. The van der Waals surface area contributed by atoms with Gasteiger partial charge in [-0.05, 0) is 17.7 Å². The van der Waals surface area contributed by atoms with E-state index < -0.39 is 0 Å². The smallest absolute Gasteiger partial charge is 0.315 e. The van der Waals surface area contributed by atoms with Gasteiger partial charge in [-0.2, -0.15) is 5.10 Å². The summed E-state index contributed by atoms with van der Waals surface area (Å²) in [6, 6.07) is 7.58. The van der Waals surface area contributed by atoms with E-state index in [1.165, 1.54) is 18.9 Å². The lowest BCUT2D eigenvalue weighted by molar-refractivity contribution is -0.137. The molecule has 0 saturated carbocycles. The van der Waals surface area contributed by atoms with Crippen LogP contribution in [0.25, 0.3) is 0 Å². The number of fused-ring (bicyclic) bond motifs is 1. The van der Waals surface area contributed by atoms with Crippen molar-refractivity contribution >= 4 is 41.7 Å². The van der Waals surface area contributed by atoms with Crippen LogP contribution >= 0.6 is 24.2 Å². The zero-order chi connectivity index (χ0) is 17.6. The molecule has 26 heavy (non-hydrogen) atoms. The van der Waals surface area contributed by atoms with Crippen molar-refractivity contribution in [3.63, 3.8) is 0 Å². The number of thioether (sulfide) groups is 1. The lowest BCUT2D eigenvalue weighted by Crippen LogP contribution is -2.25. The number of aromatic amines is 1. The first kappa shape index (κ1) is 20.3. The van der Waals surface area contributed by atoms with Gasteiger partial charge in [-0.1, -0.05) is 12.1 Å². The Morgan fingerprint density at radius 1 is 1.38 bits per heavy atom. The largest absolute Gasteiger partial charge is 0.468 e. The molecule has 2 heterocycles. The number of carbonyl (C=O) groups is 2. The number of nitrogens with one attached hydrogen (secondary N) is 3. The molecule has 7 nitrogen and oxygen atoms in total. The zero-order valence-corrected chi connectivity index (χ0v) is 16.0. The maximum absolute atomic E-state index is 12.5. The van der Waals surface area contributed by atoms with Crippen LogP contribution in [0.1, 0.15) is 27.3 Å². The molecule has 3 N–H and O–H groups in total. The van der Waals surface area contributed by atoms with Crippen molar-refractivity contribution in [2.24, 2.45) is 0 Å². The van der Waals surface area contributed by atoms with Crippen molar-refractivity contribution in [2.45, 2.75) is 18.7 Å². The van der Waals surface area contributed by atoms with Gasteiger partial charge >= 0.3 is 5.97 Å². The fourth-order valence-corrected chi connectivity index (χ4v) is 3.46. The number of anilines is 1. The second-order valence-electron chi connectivity index (χ2n) is 5.68. The third-order valence-corrected chi connectivity index (χ3v) is 4.90. The molecule has 0 fully saturated rings. The average Bonchev–Trinajstić information content (AvgIpc) is 3.06. The number of hydrogen-bond donors (Lipinski definition) is 3. The van der Waals surface area contributed by atoms with E-state index in [0.717, 1.165) is 29.8 Å². The Kier molecular flexibility index (Phi) is 7.50. The highest BCUT2D eigenvalue weighted by Crippen LogP contribution is 2.19. The van der Waals surface area contributed by atoms with Crippen LogP contribution in [-0.4, -0.2) is 41.5 Å². The standard InChI is InChI=1S/C17H20N4O3S.ClH/c1-24-15(22)10-25-9-11-3-2-4-12(7-11)19-17(23)16-13-8-18-6-5-14(13)20-21-16;/h2-4,7,18H,5-6,8-10H2,1H3,(H,19,23)(H,20,21);1H. The first-order valence-corrected chi connectivity index (χ1v) is 9.14. The minimum atomic E-state index is -0.244. The van der Waals surface area contributed by atoms with Gasteiger partial charge in [-0.25, -0.2) is 0 Å². The molecule has 0 bridgehead atoms. The van der Waals surface area contributed by atoms with E-state index in [9.17, 15) is 9.59 Å². The highest BCUT2D eigenvalue weighted by atomic mass is 35.5. The third-order valence-electron chi connectivity index (χ3n) is 3.92. The van der Waals surface area contributed by atoms with Crippen LogP contribution in [0.4, 0.5) is 5.69 Å². The summed E-state index contributed by atoms with van der Waals surface area (Å²) in [5, 5.41) is 13.3.